The van der Waals surface area contributed by atoms with E-state index < -0.39 is 39.6 Å². The van der Waals surface area contributed by atoms with Crippen LogP contribution in [0.15, 0.2) is 60.7 Å². The number of amides is 2. The number of hydrogen-bond donors (Lipinski definition) is 1. The Hall–Kier alpha value is -2.38. The Morgan fingerprint density at radius 3 is 2.29 bits per heavy atom. The largest absolute Gasteiger partial charge is 0.326 e. The maximum atomic E-state index is 14.5. The van der Waals surface area contributed by atoms with Crippen molar-refractivity contribution in [3.05, 3.63) is 93.5 Å². The molecular formula is C24H16Cl4F2N2O2. The molecule has 3 aromatic rings. The number of benzene rings is 3. The summed E-state index contributed by atoms with van der Waals surface area (Å²) in [6.45, 7) is 0. The molecule has 1 aliphatic carbocycles. The predicted octanol–water partition coefficient (Wildman–Crippen LogP) is 7.07. The highest BCUT2D eigenvalue weighted by molar-refractivity contribution is 6.53. The Balaban J connectivity index is 1.54. The van der Waals surface area contributed by atoms with Crippen LogP contribution in [0.5, 0.6) is 0 Å². The number of carbonyl (C=O) groups is 2. The summed E-state index contributed by atoms with van der Waals surface area (Å²) >= 11 is 24.8. The summed E-state index contributed by atoms with van der Waals surface area (Å²) in [5.74, 6) is -3.97. The average molecular weight is 544 g/mol. The van der Waals surface area contributed by atoms with Crippen molar-refractivity contribution < 1.29 is 18.4 Å². The summed E-state index contributed by atoms with van der Waals surface area (Å²) in [6, 6.07) is 13.7. The van der Waals surface area contributed by atoms with Crippen molar-refractivity contribution in [1.29, 1.82) is 0 Å². The highest BCUT2D eigenvalue weighted by atomic mass is 35.5. The lowest BCUT2D eigenvalue weighted by molar-refractivity contribution is -0.117. The van der Waals surface area contributed by atoms with Gasteiger partial charge in [0.05, 0.1) is 11.5 Å². The predicted molar refractivity (Wildman–Crippen MR) is 131 cm³/mol. The van der Waals surface area contributed by atoms with E-state index in [0.717, 1.165) is 17.0 Å². The third kappa shape index (κ3) is 4.86. The summed E-state index contributed by atoms with van der Waals surface area (Å²) in [6.07, 6.45) is 0. The fourth-order valence-corrected chi connectivity index (χ4v) is 5.16. The minimum Gasteiger partial charge on any atom is -0.326 e. The zero-order valence-electron chi connectivity index (χ0n) is 17.5. The van der Waals surface area contributed by atoms with E-state index in [0.29, 0.717) is 15.6 Å². The van der Waals surface area contributed by atoms with E-state index in [4.69, 9.17) is 46.4 Å². The van der Waals surface area contributed by atoms with Gasteiger partial charge in [-0.1, -0.05) is 29.3 Å². The molecule has 34 heavy (non-hydrogen) atoms. The number of halogens is 6. The molecule has 0 aromatic heterocycles. The topological polar surface area (TPSA) is 49.4 Å². The van der Waals surface area contributed by atoms with Crippen LogP contribution in [-0.4, -0.2) is 23.2 Å². The van der Waals surface area contributed by atoms with Crippen LogP contribution < -0.4 is 10.2 Å². The zero-order valence-corrected chi connectivity index (χ0v) is 20.5. The molecule has 0 heterocycles. The van der Waals surface area contributed by atoms with Crippen molar-refractivity contribution in [3.8, 4) is 0 Å². The molecule has 0 unspecified atom stereocenters. The first-order valence-corrected chi connectivity index (χ1v) is 11.5. The molecule has 2 atom stereocenters. The molecule has 4 nitrogen and oxygen atoms in total. The van der Waals surface area contributed by atoms with Crippen molar-refractivity contribution >= 4 is 69.6 Å². The smallest absolute Gasteiger partial charge is 0.261 e. The Bertz CT molecular complexity index is 1280. The van der Waals surface area contributed by atoms with Gasteiger partial charge in [0, 0.05) is 34.4 Å². The third-order valence-electron chi connectivity index (χ3n) is 5.54. The average Bonchev–Trinajstić information content (AvgIpc) is 3.35. The molecule has 0 radical (unpaired) electrons. The van der Waals surface area contributed by atoms with Gasteiger partial charge in [0.25, 0.3) is 5.91 Å². The number of rotatable bonds is 5. The minimum atomic E-state index is -1.39. The molecule has 1 N–H and O–H groups in total. The molecular weight excluding hydrogens is 528 g/mol. The first kappa shape index (κ1) is 24.7. The maximum absolute atomic E-state index is 14.5. The number of carbonyl (C=O) groups excluding carboxylic acids is 2. The van der Waals surface area contributed by atoms with Gasteiger partial charge in [0.1, 0.15) is 16.0 Å². The van der Waals surface area contributed by atoms with Gasteiger partial charge in [0.15, 0.2) is 0 Å². The van der Waals surface area contributed by atoms with E-state index in [1.165, 1.54) is 37.4 Å². The van der Waals surface area contributed by atoms with Crippen molar-refractivity contribution in [2.45, 2.75) is 10.3 Å². The third-order valence-corrected chi connectivity index (χ3v) is 6.92. The van der Waals surface area contributed by atoms with Gasteiger partial charge < -0.3 is 10.2 Å². The van der Waals surface area contributed by atoms with Gasteiger partial charge in [-0.05, 0) is 60.2 Å². The van der Waals surface area contributed by atoms with Crippen LogP contribution in [-0.2, 0) is 4.79 Å². The molecule has 3 aromatic carbocycles. The molecule has 0 saturated heterocycles. The summed E-state index contributed by atoms with van der Waals surface area (Å²) in [4.78, 5) is 26.9. The first-order valence-electron chi connectivity index (χ1n) is 9.97. The lowest BCUT2D eigenvalue weighted by Gasteiger charge is -2.18. The number of nitrogens with one attached hydrogen (secondary N) is 1. The molecule has 2 amide bonds. The van der Waals surface area contributed by atoms with Crippen molar-refractivity contribution in [2.75, 3.05) is 17.3 Å². The van der Waals surface area contributed by atoms with E-state index in [1.807, 2.05) is 0 Å². The minimum absolute atomic E-state index is 0.168. The second-order valence-electron chi connectivity index (χ2n) is 7.86. The highest BCUT2D eigenvalue weighted by Gasteiger charge is 2.67. The van der Waals surface area contributed by atoms with E-state index >= 15 is 0 Å². The molecule has 1 saturated carbocycles. The first-order chi connectivity index (χ1) is 16.0. The van der Waals surface area contributed by atoms with Crippen molar-refractivity contribution in [2.24, 2.45) is 5.92 Å². The molecule has 0 bridgehead atoms. The van der Waals surface area contributed by atoms with Gasteiger partial charge >= 0.3 is 0 Å². The monoisotopic (exact) mass is 542 g/mol. The molecule has 176 valence electrons. The van der Waals surface area contributed by atoms with E-state index in [-0.39, 0.29) is 16.9 Å². The fraction of sp³-hybridized carbons (Fsp3) is 0.167. The highest BCUT2D eigenvalue weighted by Crippen LogP contribution is 2.65. The van der Waals surface area contributed by atoms with Crippen LogP contribution in [0.25, 0.3) is 0 Å². The summed E-state index contributed by atoms with van der Waals surface area (Å²) in [7, 11) is 1.39. The van der Waals surface area contributed by atoms with Crippen LogP contribution in [0, 0.1) is 17.6 Å². The normalized spacial score (nSPS) is 18.3. The quantitative estimate of drug-likeness (QED) is 0.350. The van der Waals surface area contributed by atoms with Crippen LogP contribution in [0.4, 0.5) is 20.2 Å². The second kappa shape index (κ2) is 9.34. The van der Waals surface area contributed by atoms with E-state index in [9.17, 15) is 18.4 Å². The van der Waals surface area contributed by atoms with Gasteiger partial charge in [-0.3, -0.25) is 9.59 Å². The Kier molecular flexibility index (Phi) is 6.80. The SMILES string of the molecule is CN(C(=O)c1cc(NC(=O)[C@@H]2[C@@H](c3cc(Cl)cc(Cl)c3)C2(Cl)Cl)ccc1F)c1cccc(F)c1. The Morgan fingerprint density at radius 1 is 0.971 bits per heavy atom. The van der Waals surface area contributed by atoms with Gasteiger partial charge in [-0.25, -0.2) is 8.78 Å². The number of hydrogen-bond acceptors (Lipinski definition) is 2. The van der Waals surface area contributed by atoms with Crippen LogP contribution in [0.3, 0.4) is 0 Å². The number of nitrogens with zero attached hydrogens (tertiary/aromatic N) is 1. The van der Waals surface area contributed by atoms with E-state index in [2.05, 4.69) is 5.32 Å². The zero-order chi connectivity index (χ0) is 24.8. The van der Waals surface area contributed by atoms with Crippen LogP contribution >= 0.6 is 46.4 Å². The van der Waals surface area contributed by atoms with Gasteiger partial charge in [0.2, 0.25) is 5.91 Å². The van der Waals surface area contributed by atoms with Crippen LogP contribution in [0.1, 0.15) is 21.8 Å². The Morgan fingerprint density at radius 2 is 1.65 bits per heavy atom. The fourth-order valence-electron chi connectivity index (χ4n) is 3.79. The Labute approximate surface area is 214 Å². The molecule has 10 heteroatoms. The van der Waals surface area contributed by atoms with Crippen LogP contribution in [0.2, 0.25) is 10.0 Å². The summed E-state index contributed by atoms with van der Waals surface area (Å²) in [5, 5.41) is 3.38. The number of anilines is 2. The summed E-state index contributed by atoms with van der Waals surface area (Å²) in [5.41, 5.74) is 0.714. The standard InChI is InChI=1S/C24H16Cl4F2N2O2/c1-32(17-4-2-3-15(29)10-17)23(34)18-11-16(5-6-19(18)30)31-22(33)21-20(24(21,27)28)12-7-13(25)9-14(26)8-12/h2-11,20-21H,1H3,(H,31,33)/t20-,21+/m1/s1. The van der Waals surface area contributed by atoms with Gasteiger partial charge in [-0.15, -0.1) is 23.2 Å². The molecule has 4 rings (SSSR count). The second-order valence-corrected chi connectivity index (χ2v) is 10.2. The molecule has 1 aliphatic rings. The van der Waals surface area contributed by atoms with Crippen molar-refractivity contribution in [3.63, 3.8) is 0 Å². The van der Waals surface area contributed by atoms with Gasteiger partial charge in [-0.2, -0.15) is 0 Å². The maximum Gasteiger partial charge on any atom is 0.261 e. The number of alkyl halides is 2. The van der Waals surface area contributed by atoms with E-state index in [1.54, 1.807) is 18.2 Å². The lowest BCUT2D eigenvalue weighted by atomic mass is 10.1. The van der Waals surface area contributed by atoms with Crippen molar-refractivity contribution in [1.82, 2.24) is 0 Å². The lowest BCUT2D eigenvalue weighted by Crippen LogP contribution is -2.27. The molecule has 1 fully saturated rings. The molecule has 0 spiro atoms. The molecule has 0 aliphatic heterocycles. The summed E-state index contributed by atoms with van der Waals surface area (Å²) < 4.78 is 26.6.